The van der Waals surface area contributed by atoms with Crippen LogP contribution in [0.4, 0.5) is 0 Å². The lowest BCUT2D eigenvalue weighted by Gasteiger charge is -2.41. The summed E-state index contributed by atoms with van der Waals surface area (Å²) in [5.74, 6) is 1.97. The molecule has 0 N–H and O–H groups in total. The largest absolute Gasteiger partial charge is 0.484 e. The van der Waals surface area contributed by atoms with E-state index in [2.05, 4.69) is 64.6 Å². The van der Waals surface area contributed by atoms with Gasteiger partial charge in [0.25, 0.3) is 5.88 Å². The smallest absolute Gasteiger partial charge is 0.257 e. The predicted molar refractivity (Wildman–Crippen MR) is 114 cm³/mol. The van der Waals surface area contributed by atoms with Crippen molar-refractivity contribution in [3.05, 3.63) is 53.2 Å². The summed E-state index contributed by atoms with van der Waals surface area (Å²) in [5.41, 5.74) is 4.07. The van der Waals surface area contributed by atoms with Gasteiger partial charge >= 0.3 is 0 Å². The molecule has 0 spiro atoms. The molecule has 1 unspecified atom stereocenters. The van der Waals surface area contributed by atoms with Gasteiger partial charge in [-0.15, -0.1) is 0 Å². The maximum absolute atomic E-state index is 5.87. The Balaban J connectivity index is 1.57. The average molecular weight is 400 g/mol. The molecule has 150 valence electrons. The summed E-state index contributed by atoms with van der Waals surface area (Å²) in [6.07, 6.45) is 4.01. The minimum Gasteiger partial charge on any atom is -0.484 e. The molecule has 28 heavy (non-hydrogen) atoms. The fourth-order valence-corrected chi connectivity index (χ4v) is 4.85. The van der Waals surface area contributed by atoms with Crippen LogP contribution in [0.15, 0.2) is 36.5 Å². The zero-order valence-corrected chi connectivity index (χ0v) is 17.7. The molecule has 2 aliphatic rings. The van der Waals surface area contributed by atoms with Crippen molar-refractivity contribution < 1.29 is 9.47 Å². The third-order valence-electron chi connectivity index (χ3n) is 5.54. The maximum atomic E-state index is 5.87. The number of nitrogens with zero attached hydrogens (tertiary/aromatic N) is 3. The molecule has 0 amide bonds. The summed E-state index contributed by atoms with van der Waals surface area (Å²) < 4.78 is 14.1. The molecule has 1 fully saturated rings. The number of benzene rings is 1. The molecular weight excluding hydrogens is 370 g/mol. The Bertz CT molecular complexity index is 814. The van der Waals surface area contributed by atoms with Gasteiger partial charge in [-0.3, -0.25) is 4.90 Å². The Labute approximate surface area is 172 Å². The highest BCUT2D eigenvalue weighted by atomic mass is 32.2. The molecule has 2 aromatic rings. The zero-order chi connectivity index (χ0) is 19.5. The van der Waals surface area contributed by atoms with E-state index in [1.54, 1.807) is 0 Å². The van der Waals surface area contributed by atoms with Crippen LogP contribution in [0.5, 0.6) is 11.6 Å². The van der Waals surface area contributed by atoms with Crippen molar-refractivity contribution in [2.24, 2.45) is 0 Å². The van der Waals surface area contributed by atoms with Gasteiger partial charge in [0.05, 0.1) is 6.04 Å². The van der Waals surface area contributed by atoms with Gasteiger partial charge in [-0.25, -0.2) is 9.29 Å². The van der Waals surface area contributed by atoms with Gasteiger partial charge in [-0.1, -0.05) is 50.1 Å². The first kappa shape index (κ1) is 19.6. The van der Waals surface area contributed by atoms with Crippen LogP contribution in [-0.2, 0) is 6.54 Å². The SMILES string of the molecule is CSN1CCN(Cc2ccnc3c2OCCO3)CC1c1ccccc1C(C)C. The second kappa shape index (κ2) is 8.72. The Kier molecular flexibility index (Phi) is 6.09. The van der Waals surface area contributed by atoms with Crippen molar-refractivity contribution in [1.29, 1.82) is 0 Å². The maximum Gasteiger partial charge on any atom is 0.257 e. The summed E-state index contributed by atoms with van der Waals surface area (Å²) in [4.78, 5) is 6.84. The van der Waals surface area contributed by atoms with Gasteiger partial charge in [0.1, 0.15) is 13.2 Å². The first-order valence-electron chi connectivity index (χ1n) is 10.0. The van der Waals surface area contributed by atoms with Crippen LogP contribution >= 0.6 is 11.9 Å². The standard InChI is InChI=1S/C22H29N3O2S/c1-16(2)18-6-4-5-7-19(18)20-15-24(10-11-25(20)28-3)14-17-8-9-23-22-21(17)26-12-13-27-22/h4-9,16,20H,10-15H2,1-3H3. The normalized spacial score (nSPS) is 20.5. The highest BCUT2D eigenvalue weighted by Crippen LogP contribution is 2.37. The summed E-state index contributed by atoms with van der Waals surface area (Å²) in [6, 6.07) is 11.4. The van der Waals surface area contributed by atoms with E-state index in [0.29, 0.717) is 31.1 Å². The van der Waals surface area contributed by atoms with Crippen LogP contribution in [0.3, 0.4) is 0 Å². The van der Waals surface area contributed by atoms with E-state index in [-0.39, 0.29) is 0 Å². The van der Waals surface area contributed by atoms with Gasteiger partial charge in [-0.05, 0) is 29.4 Å². The van der Waals surface area contributed by atoms with Crippen LogP contribution in [-0.4, -0.2) is 53.3 Å². The van der Waals surface area contributed by atoms with Crippen molar-refractivity contribution in [3.8, 4) is 11.6 Å². The molecule has 2 aliphatic heterocycles. The van der Waals surface area contributed by atoms with E-state index in [1.807, 2.05) is 18.1 Å². The first-order valence-corrected chi connectivity index (χ1v) is 11.2. The van der Waals surface area contributed by atoms with Crippen LogP contribution in [0, 0.1) is 0 Å². The monoisotopic (exact) mass is 399 g/mol. The lowest BCUT2D eigenvalue weighted by Crippen LogP contribution is -2.45. The second-order valence-corrected chi connectivity index (χ2v) is 8.49. The molecule has 5 nitrogen and oxygen atoms in total. The second-order valence-electron chi connectivity index (χ2n) is 7.66. The van der Waals surface area contributed by atoms with Crippen molar-refractivity contribution >= 4 is 11.9 Å². The number of ether oxygens (including phenoxy) is 2. The molecule has 0 saturated carbocycles. The number of hydrogen-bond acceptors (Lipinski definition) is 6. The molecule has 1 atom stereocenters. The number of pyridine rings is 1. The molecule has 0 radical (unpaired) electrons. The highest BCUT2D eigenvalue weighted by Gasteiger charge is 2.30. The zero-order valence-electron chi connectivity index (χ0n) is 16.9. The summed E-state index contributed by atoms with van der Waals surface area (Å²) in [5, 5.41) is 0. The molecule has 1 saturated heterocycles. The molecule has 0 bridgehead atoms. The van der Waals surface area contributed by atoms with E-state index >= 15 is 0 Å². The van der Waals surface area contributed by atoms with Crippen molar-refractivity contribution in [2.75, 3.05) is 39.1 Å². The van der Waals surface area contributed by atoms with E-state index in [0.717, 1.165) is 37.5 Å². The fourth-order valence-electron chi connectivity index (χ4n) is 4.15. The van der Waals surface area contributed by atoms with E-state index in [1.165, 1.54) is 11.1 Å². The number of rotatable bonds is 5. The molecule has 6 heteroatoms. The van der Waals surface area contributed by atoms with E-state index in [4.69, 9.17) is 9.47 Å². The fraction of sp³-hybridized carbons (Fsp3) is 0.500. The quantitative estimate of drug-likeness (QED) is 0.705. The number of hydrogen-bond donors (Lipinski definition) is 0. The third kappa shape index (κ3) is 4.00. The summed E-state index contributed by atoms with van der Waals surface area (Å²) >= 11 is 1.85. The van der Waals surface area contributed by atoms with Gasteiger partial charge in [0, 0.05) is 37.9 Å². The van der Waals surface area contributed by atoms with Gasteiger partial charge in [0.15, 0.2) is 5.75 Å². The predicted octanol–water partition coefficient (Wildman–Crippen LogP) is 4.11. The summed E-state index contributed by atoms with van der Waals surface area (Å²) in [7, 11) is 0. The topological polar surface area (TPSA) is 37.8 Å². The minimum absolute atomic E-state index is 0.386. The van der Waals surface area contributed by atoms with Crippen LogP contribution < -0.4 is 9.47 Å². The lowest BCUT2D eigenvalue weighted by atomic mass is 9.91. The molecular formula is C22H29N3O2S. The van der Waals surface area contributed by atoms with E-state index in [9.17, 15) is 0 Å². The summed E-state index contributed by atoms with van der Waals surface area (Å²) in [6.45, 7) is 9.68. The average Bonchev–Trinajstić information content (AvgIpc) is 2.74. The Hall–Kier alpha value is -1.76. The van der Waals surface area contributed by atoms with Gasteiger partial charge in [-0.2, -0.15) is 0 Å². The third-order valence-corrected chi connectivity index (χ3v) is 6.45. The lowest BCUT2D eigenvalue weighted by molar-refractivity contribution is 0.130. The molecule has 1 aromatic carbocycles. The Morgan fingerprint density at radius 3 is 2.79 bits per heavy atom. The number of fused-ring (bicyclic) bond motifs is 1. The molecule has 1 aromatic heterocycles. The number of piperazine rings is 1. The number of aromatic nitrogens is 1. The molecule has 3 heterocycles. The van der Waals surface area contributed by atoms with Gasteiger partial charge in [0.2, 0.25) is 0 Å². The van der Waals surface area contributed by atoms with Crippen molar-refractivity contribution in [1.82, 2.24) is 14.2 Å². The van der Waals surface area contributed by atoms with Crippen molar-refractivity contribution in [2.45, 2.75) is 32.4 Å². The Morgan fingerprint density at radius 1 is 1.14 bits per heavy atom. The minimum atomic E-state index is 0.386. The first-order chi connectivity index (χ1) is 13.7. The molecule has 0 aliphatic carbocycles. The van der Waals surface area contributed by atoms with Crippen molar-refractivity contribution in [3.63, 3.8) is 0 Å². The Morgan fingerprint density at radius 2 is 1.96 bits per heavy atom. The van der Waals surface area contributed by atoms with Crippen LogP contribution in [0.2, 0.25) is 0 Å². The van der Waals surface area contributed by atoms with Crippen LogP contribution in [0.25, 0.3) is 0 Å². The van der Waals surface area contributed by atoms with E-state index < -0.39 is 0 Å². The van der Waals surface area contributed by atoms with Gasteiger partial charge < -0.3 is 9.47 Å². The highest BCUT2D eigenvalue weighted by molar-refractivity contribution is 7.96. The van der Waals surface area contributed by atoms with Crippen LogP contribution in [0.1, 0.15) is 42.5 Å². The molecule has 4 rings (SSSR count).